The minimum atomic E-state index is -4.72. The van der Waals surface area contributed by atoms with Crippen LogP contribution in [0.1, 0.15) is 49.8 Å². The number of ether oxygens (including phenoxy) is 3. The van der Waals surface area contributed by atoms with Crippen molar-refractivity contribution < 1.29 is 53.7 Å². The highest BCUT2D eigenvalue weighted by Crippen LogP contribution is 2.40. The van der Waals surface area contributed by atoms with E-state index in [0.29, 0.717) is 30.6 Å². The highest BCUT2D eigenvalue weighted by Gasteiger charge is 2.41. The summed E-state index contributed by atoms with van der Waals surface area (Å²) in [6, 6.07) is 8.16. The van der Waals surface area contributed by atoms with Gasteiger partial charge < -0.3 is 14.2 Å². The Morgan fingerprint density at radius 1 is 0.761 bits per heavy atom. The van der Waals surface area contributed by atoms with Gasteiger partial charge in [0, 0.05) is 11.6 Å². The van der Waals surface area contributed by atoms with Crippen molar-refractivity contribution in [1.29, 1.82) is 0 Å². The molecule has 0 saturated carbocycles. The SMILES string of the molecule is CCCC1CCC(c2ccc(-c3cc(F)c(-c4cc(F)c(C(F)(F)Oc5ccc(OCF)c(F)c5)c(F)c4)c(F)c3)c(F)c2)OC1. The van der Waals surface area contributed by atoms with E-state index in [9.17, 15) is 26.3 Å². The van der Waals surface area contributed by atoms with Crippen molar-refractivity contribution in [2.45, 2.75) is 44.8 Å². The molecule has 5 rings (SSSR count). The van der Waals surface area contributed by atoms with Gasteiger partial charge in [-0.2, -0.15) is 8.78 Å². The molecule has 0 amide bonds. The first kappa shape index (κ1) is 33.2. The molecule has 0 aliphatic carbocycles. The quantitative estimate of drug-likeness (QED) is 0.159. The average molecular weight is 655 g/mol. The maximum absolute atomic E-state index is 15.2. The molecule has 12 heteroatoms. The van der Waals surface area contributed by atoms with Crippen LogP contribution in [0.15, 0.2) is 60.7 Å². The van der Waals surface area contributed by atoms with Crippen molar-refractivity contribution in [3.05, 3.63) is 107 Å². The average Bonchev–Trinajstić information content (AvgIpc) is 2.98. The summed E-state index contributed by atoms with van der Waals surface area (Å²) in [6.07, 6.45) is -1.33. The Labute approximate surface area is 258 Å². The Balaban J connectivity index is 1.38. The van der Waals surface area contributed by atoms with Crippen LogP contribution in [-0.2, 0) is 10.8 Å². The molecule has 0 spiro atoms. The van der Waals surface area contributed by atoms with Gasteiger partial charge in [0.2, 0.25) is 6.86 Å². The number of hydrogen-bond acceptors (Lipinski definition) is 3. The van der Waals surface area contributed by atoms with E-state index in [1.807, 2.05) is 0 Å². The van der Waals surface area contributed by atoms with Gasteiger partial charge in [-0.25, -0.2) is 30.7 Å². The zero-order chi connectivity index (χ0) is 33.2. The van der Waals surface area contributed by atoms with E-state index in [2.05, 4.69) is 16.4 Å². The van der Waals surface area contributed by atoms with Crippen LogP contribution in [0.25, 0.3) is 22.3 Å². The Bertz CT molecular complexity index is 1670. The molecule has 0 aromatic heterocycles. The van der Waals surface area contributed by atoms with Crippen LogP contribution >= 0.6 is 0 Å². The van der Waals surface area contributed by atoms with Crippen molar-refractivity contribution in [3.63, 3.8) is 0 Å². The van der Waals surface area contributed by atoms with E-state index in [0.717, 1.165) is 43.5 Å². The van der Waals surface area contributed by atoms with Crippen LogP contribution in [0, 0.1) is 40.8 Å². The molecule has 1 fully saturated rings. The maximum Gasteiger partial charge on any atom is 0.432 e. The molecule has 1 saturated heterocycles. The summed E-state index contributed by atoms with van der Waals surface area (Å²) >= 11 is 0. The molecule has 2 unspecified atom stereocenters. The molecule has 4 aromatic carbocycles. The third-order valence-electron chi connectivity index (χ3n) is 7.77. The first-order chi connectivity index (χ1) is 21.9. The molecule has 0 N–H and O–H groups in total. The fraction of sp³-hybridized carbons (Fsp3) is 0.294. The summed E-state index contributed by atoms with van der Waals surface area (Å²) in [5.41, 5.74) is -3.39. The van der Waals surface area contributed by atoms with Crippen LogP contribution in [0.2, 0.25) is 0 Å². The van der Waals surface area contributed by atoms with Gasteiger partial charge in [-0.3, -0.25) is 0 Å². The molecule has 1 aliphatic heterocycles. The molecule has 4 aromatic rings. The number of halogens is 9. The molecule has 2 atom stereocenters. The second-order valence-corrected chi connectivity index (χ2v) is 10.9. The Morgan fingerprint density at radius 2 is 1.43 bits per heavy atom. The fourth-order valence-electron chi connectivity index (χ4n) is 5.59. The molecule has 0 radical (unpaired) electrons. The summed E-state index contributed by atoms with van der Waals surface area (Å²) < 4.78 is 146. The van der Waals surface area contributed by atoms with Crippen LogP contribution < -0.4 is 9.47 Å². The van der Waals surface area contributed by atoms with Gasteiger partial charge in [0.05, 0.1) is 18.3 Å². The first-order valence-corrected chi connectivity index (χ1v) is 14.4. The number of benzene rings is 4. The van der Waals surface area contributed by atoms with Crippen molar-refractivity contribution in [2.24, 2.45) is 5.92 Å². The second kappa shape index (κ2) is 13.7. The lowest BCUT2D eigenvalue weighted by Gasteiger charge is -2.29. The third kappa shape index (κ3) is 6.96. The van der Waals surface area contributed by atoms with Gasteiger partial charge in [0.1, 0.15) is 40.4 Å². The minimum Gasteiger partial charge on any atom is -0.460 e. The largest absolute Gasteiger partial charge is 0.460 e. The highest BCUT2D eigenvalue weighted by atomic mass is 19.3. The van der Waals surface area contributed by atoms with Crippen molar-refractivity contribution in [3.8, 4) is 33.8 Å². The zero-order valence-electron chi connectivity index (χ0n) is 24.3. The Hall–Kier alpha value is -4.19. The van der Waals surface area contributed by atoms with E-state index in [4.69, 9.17) is 4.74 Å². The van der Waals surface area contributed by atoms with E-state index < -0.39 is 76.1 Å². The van der Waals surface area contributed by atoms with E-state index in [1.54, 1.807) is 6.07 Å². The van der Waals surface area contributed by atoms with Crippen molar-refractivity contribution in [1.82, 2.24) is 0 Å². The summed E-state index contributed by atoms with van der Waals surface area (Å²) in [5.74, 6) is -9.63. The predicted octanol–water partition coefficient (Wildman–Crippen LogP) is 10.6. The van der Waals surface area contributed by atoms with Crippen LogP contribution in [-0.4, -0.2) is 13.5 Å². The van der Waals surface area contributed by atoms with Crippen molar-refractivity contribution >= 4 is 0 Å². The molecular weight excluding hydrogens is 627 g/mol. The lowest BCUT2D eigenvalue weighted by Crippen LogP contribution is -2.25. The molecule has 1 aliphatic rings. The van der Waals surface area contributed by atoms with Gasteiger partial charge >= 0.3 is 6.11 Å². The Kier molecular flexibility index (Phi) is 9.85. The van der Waals surface area contributed by atoms with E-state index >= 15 is 13.2 Å². The van der Waals surface area contributed by atoms with Crippen LogP contribution in [0.4, 0.5) is 39.5 Å². The molecular formula is C34H27F9O3. The lowest BCUT2D eigenvalue weighted by molar-refractivity contribution is -0.189. The summed E-state index contributed by atoms with van der Waals surface area (Å²) in [6.45, 7) is 1.24. The van der Waals surface area contributed by atoms with Crippen LogP contribution in [0.5, 0.6) is 11.5 Å². The Morgan fingerprint density at radius 3 is 2.00 bits per heavy atom. The topological polar surface area (TPSA) is 27.7 Å². The maximum atomic E-state index is 15.2. The van der Waals surface area contributed by atoms with Gasteiger partial charge in [0.25, 0.3) is 0 Å². The van der Waals surface area contributed by atoms with E-state index in [1.165, 1.54) is 12.1 Å². The molecule has 46 heavy (non-hydrogen) atoms. The summed E-state index contributed by atoms with van der Waals surface area (Å²) in [5, 5.41) is 0. The summed E-state index contributed by atoms with van der Waals surface area (Å²) in [7, 11) is 0. The van der Waals surface area contributed by atoms with E-state index in [-0.39, 0.29) is 29.4 Å². The zero-order valence-corrected chi connectivity index (χ0v) is 24.3. The second-order valence-electron chi connectivity index (χ2n) is 10.9. The molecule has 1 heterocycles. The molecule has 0 bridgehead atoms. The van der Waals surface area contributed by atoms with Crippen molar-refractivity contribution in [2.75, 3.05) is 13.5 Å². The number of alkyl halides is 3. The molecule has 3 nitrogen and oxygen atoms in total. The first-order valence-electron chi connectivity index (χ1n) is 14.4. The van der Waals surface area contributed by atoms with Gasteiger partial charge in [-0.05, 0) is 84.3 Å². The number of rotatable bonds is 10. The van der Waals surface area contributed by atoms with Gasteiger partial charge in [0.15, 0.2) is 11.6 Å². The highest BCUT2D eigenvalue weighted by molar-refractivity contribution is 5.72. The smallest absolute Gasteiger partial charge is 0.432 e. The number of hydrogen-bond donors (Lipinski definition) is 0. The minimum absolute atomic E-state index is 0.141. The fourth-order valence-corrected chi connectivity index (χ4v) is 5.59. The predicted molar refractivity (Wildman–Crippen MR) is 151 cm³/mol. The normalized spacial score (nSPS) is 16.8. The van der Waals surface area contributed by atoms with Gasteiger partial charge in [-0.1, -0.05) is 25.5 Å². The third-order valence-corrected chi connectivity index (χ3v) is 7.77. The van der Waals surface area contributed by atoms with Gasteiger partial charge in [-0.15, -0.1) is 0 Å². The standard InChI is InChI=1S/C34H27F9O3/c1-2-3-18-4-8-30(44-16-18)19-5-7-23(24(36)10-19)20-11-26(38)32(27(39)12-20)21-13-28(40)33(29(41)14-21)34(42,43)46-22-6-9-31(45-17-35)25(37)15-22/h5-7,9-15,18,30H,2-4,8,16-17H2,1H3. The monoisotopic (exact) mass is 654 g/mol. The summed E-state index contributed by atoms with van der Waals surface area (Å²) in [4.78, 5) is 0. The van der Waals surface area contributed by atoms with Crippen LogP contribution in [0.3, 0.4) is 0 Å². The molecule has 244 valence electrons. The lowest BCUT2D eigenvalue weighted by atomic mass is 9.91.